The Morgan fingerprint density at radius 3 is 1.12 bits per heavy atom. The maximum atomic E-state index is 3.79. The Bertz CT molecular complexity index is 2910. The van der Waals surface area contributed by atoms with Crippen molar-refractivity contribution in [1.29, 1.82) is 0 Å². The Hall–Kier alpha value is -6.68. The quantitative estimate of drug-likeness (QED) is 0.101. The van der Waals surface area contributed by atoms with Crippen LogP contribution >= 0.6 is 0 Å². The molecule has 230 valence electrons. The van der Waals surface area contributed by atoms with Gasteiger partial charge in [-0.05, 0) is 93.0 Å². The summed E-state index contributed by atoms with van der Waals surface area (Å²) < 4.78 is 0. The van der Waals surface area contributed by atoms with Crippen molar-refractivity contribution in [2.75, 3.05) is 0 Å². The highest BCUT2D eigenvalue weighted by Crippen LogP contribution is 2.44. The number of hydrogen-bond acceptors (Lipinski definition) is 0. The second-order valence-electron chi connectivity index (χ2n) is 13.0. The van der Waals surface area contributed by atoms with Crippen molar-refractivity contribution in [3.05, 3.63) is 193 Å². The molecular formula is C50H30. The molecule has 0 heterocycles. The Kier molecular flexibility index (Phi) is 6.51. The lowest BCUT2D eigenvalue weighted by Gasteiger charge is -2.18. The van der Waals surface area contributed by atoms with E-state index in [1.165, 1.54) is 86.9 Å². The molecule has 0 nitrogen and oxygen atoms in total. The molecule has 50 heavy (non-hydrogen) atoms. The van der Waals surface area contributed by atoms with Crippen LogP contribution in [0.3, 0.4) is 0 Å². The fraction of sp³-hybridized carbons (Fsp3) is 0. The molecule has 10 rings (SSSR count). The third kappa shape index (κ3) is 4.35. The van der Waals surface area contributed by atoms with Gasteiger partial charge in [-0.1, -0.05) is 188 Å². The minimum atomic E-state index is 1.06. The van der Waals surface area contributed by atoms with E-state index in [0.29, 0.717) is 0 Å². The van der Waals surface area contributed by atoms with Gasteiger partial charge in [0.2, 0.25) is 0 Å². The molecule has 0 saturated heterocycles. The van der Waals surface area contributed by atoms with Crippen LogP contribution in [0.15, 0.2) is 182 Å². The number of fused-ring (bicyclic) bond motifs is 7. The standard InChI is InChI=1S/C50H30/c1-2-16-33(17-3-1)49-44-26-12-8-21-37(44)42(38-22-9-13-27-45(38)49)30-31-43-39-23-10-14-28-46(39)50(47-29-15-11-24-40(43)47)48-32-34-18-4-5-19-35(34)36-20-6-7-25-41(36)48/h1-29,32H. The fourth-order valence-electron chi connectivity index (χ4n) is 8.12. The molecule has 10 aromatic carbocycles. The van der Waals surface area contributed by atoms with E-state index in [-0.39, 0.29) is 0 Å². The molecule has 0 saturated carbocycles. The van der Waals surface area contributed by atoms with Crippen LogP contribution in [0.2, 0.25) is 0 Å². The van der Waals surface area contributed by atoms with Crippen LogP contribution in [0, 0.1) is 11.8 Å². The second-order valence-corrected chi connectivity index (χ2v) is 13.0. The van der Waals surface area contributed by atoms with Gasteiger partial charge in [0.1, 0.15) is 0 Å². The maximum Gasteiger partial charge on any atom is 0.0406 e. The van der Waals surface area contributed by atoms with Gasteiger partial charge in [-0.2, -0.15) is 0 Å². The molecule has 0 radical (unpaired) electrons. The summed E-state index contributed by atoms with van der Waals surface area (Å²) in [5.41, 5.74) is 7.10. The van der Waals surface area contributed by atoms with Crippen LogP contribution in [0.4, 0.5) is 0 Å². The van der Waals surface area contributed by atoms with E-state index in [9.17, 15) is 0 Å². The molecule has 0 aliphatic rings. The summed E-state index contributed by atoms with van der Waals surface area (Å²) in [5, 5.41) is 14.6. The van der Waals surface area contributed by atoms with E-state index in [1.807, 2.05) is 0 Å². The van der Waals surface area contributed by atoms with Crippen molar-refractivity contribution in [3.8, 4) is 34.1 Å². The normalized spacial score (nSPS) is 11.4. The third-order valence-electron chi connectivity index (χ3n) is 10.3. The van der Waals surface area contributed by atoms with Gasteiger partial charge in [-0.15, -0.1) is 0 Å². The van der Waals surface area contributed by atoms with Gasteiger partial charge in [0, 0.05) is 11.1 Å². The maximum absolute atomic E-state index is 3.79. The second kappa shape index (κ2) is 11.5. The summed E-state index contributed by atoms with van der Waals surface area (Å²) in [4.78, 5) is 0. The average molecular weight is 631 g/mol. The molecule has 0 amide bonds. The van der Waals surface area contributed by atoms with Gasteiger partial charge in [0.15, 0.2) is 0 Å². The largest absolute Gasteiger partial charge is 0.0622 e. The summed E-state index contributed by atoms with van der Waals surface area (Å²) in [7, 11) is 0. The molecule has 0 N–H and O–H groups in total. The van der Waals surface area contributed by atoms with Crippen LogP contribution in [0.5, 0.6) is 0 Å². The number of hydrogen-bond donors (Lipinski definition) is 0. The van der Waals surface area contributed by atoms with Crippen molar-refractivity contribution in [2.45, 2.75) is 0 Å². The molecule has 10 aromatic rings. The SMILES string of the molecule is C(#Cc1c2ccccc2c(-c2cc3ccccc3c3ccccc23)c2ccccc12)c1c2ccccc2c(-c2ccccc2)c2ccccc12. The lowest BCUT2D eigenvalue weighted by atomic mass is 9.85. The molecule has 0 atom stereocenters. The number of benzene rings is 10. The zero-order valence-corrected chi connectivity index (χ0v) is 27.3. The first-order valence-electron chi connectivity index (χ1n) is 17.2. The minimum Gasteiger partial charge on any atom is -0.0622 e. The molecule has 0 unspecified atom stereocenters. The van der Waals surface area contributed by atoms with Gasteiger partial charge < -0.3 is 0 Å². The van der Waals surface area contributed by atoms with E-state index < -0.39 is 0 Å². The van der Waals surface area contributed by atoms with Crippen LogP contribution < -0.4 is 0 Å². The zero-order valence-electron chi connectivity index (χ0n) is 27.3. The Morgan fingerprint density at radius 1 is 0.260 bits per heavy atom. The number of rotatable bonds is 2. The average Bonchev–Trinajstić information content (AvgIpc) is 3.19. The predicted molar refractivity (Wildman–Crippen MR) is 215 cm³/mol. The summed E-state index contributed by atoms with van der Waals surface area (Å²) in [5.74, 6) is 7.56. The third-order valence-corrected chi connectivity index (χ3v) is 10.3. The van der Waals surface area contributed by atoms with E-state index in [4.69, 9.17) is 0 Å². The highest BCUT2D eigenvalue weighted by atomic mass is 14.2. The van der Waals surface area contributed by atoms with E-state index in [1.54, 1.807) is 0 Å². The van der Waals surface area contributed by atoms with Crippen LogP contribution in [-0.4, -0.2) is 0 Å². The predicted octanol–water partition coefficient (Wildman–Crippen LogP) is 13.3. The highest BCUT2D eigenvalue weighted by molar-refractivity contribution is 6.23. The molecule has 0 bridgehead atoms. The summed E-state index contributed by atoms with van der Waals surface area (Å²) in [6, 6.07) is 65.7. The smallest absolute Gasteiger partial charge is 0.0406 e. The Labute approximate surface area is 290 Å². The van der Waals surface area contributed by atoms with Gasteiger partial charge in [-0.3, -0.25) is 0 Å². The van der Waals surface area contributed by atoms with E-state index in [2.05, 4.69) is 194 Å². The monoisotopic (exact) mass is 630 g/mol. The molecule has 0 fully saturated rings. The summed E-state index contributed by atoms with van der Waals surface area (Å²) in [6.45, 7) is 0. The zero-order chi connectivity index (χ0) is 33.0. The van der Waals surface area contributed by atoms with Crippen molar-refractivity contribution in [1.82, 2.24) is 0 Å². The lowest BCUT2D eigenvalue weighted by molar-refractivity contribution is 1.66. The van der Waals surface area contributed by atoms with Crippen molar-refractivity contribution >= 4 is 64.6 Å². The van der Waals surface area contributed by atoms with Crippen LogP contribution in [0.25, 0.3) is 86.9 Å². The summed E-state index contributed by atoms with van der Waals surface area (Å²) in [6.07, 6.45) is 0. The Balaban J connectivity index is 1.29. The van der Waals surface area contributed by atoms with Crippen molar-refractivity contribution in [2.24, 2.45) is 0 Å². The van der Waals surface area contributed by atoms with Crippen molar-refractivity contribution in [3.63, 3.8) is 0 Å². The van der Waals surface area contributed by atoms with Gasteiger partial charge in [-0.25, -0.2) is 0 Å². The van der Waals surface area contributed by atoms with Gasteiger partial charge in [0.05, 0.1) is 0 Å². The lowest BCUT2D eigenvalue weighted by Crippen LogP contribution is -1.93. The molecule has 0 aromatic heterocycles. The van der Waals surface area contributed by atoms with Gasteiger partial charge in [0.25, 0.3) is 0 Å². The highest BCUT2D eigenvalue weighted by Gasteiger charge is 2.18. The summed E-state index contributed by atoms with van der Waals surface area (Å²) >= 11 is 0. The fourth-order valence-corrected chi connectivity index (χ4v) is 8.12. The molecular weight excluding hydrogens is 601 g/mol. The van der Waals surface area contributed by atoms with E-state index >= 15 is 0 Å². The topological polar surface area (TPSA) is 0 Å². The van der Waals surface area contributed by atoms with Crippen LogP contribution in [0.1, 0.15) is 11.1 Å². The molecule has 0 heteroatoms. The first-order chi connectivity index (χ1) is 24.8. The van der Waals surface area contributed by atoms with Crippen molar-refractivity contribution < 1.29 is 0 Å². The molecule has 0 aliphatic heterocycles. The first kappa shape index (κ1) is 28.3. The molecule has 0 spiro atoms. The van der Waals surface area contributed by atoms with Crippen LogP contribution in [-0.2, 0) is 0 Å². The molecule has 0 aliphatic carbocycles. The van der Waals surface area contributed by atoms with E-state index in [0.717, 1.165) is 11.1 Å². The minimum absolute atomic E-state index is 1.06. The van der Waals surface area contributed by atoms with Gasteiger partial charge >= 0.3 is 0 Å². The first-order valence-corrected chi connectivity index (χ1v) is 17.2. The Morgan fingerprint density at radius 2 is 0.620 bits per heavy atom.